The zero-order valence-corrected chi connectivity index (χ0v) is 5.93. The first kappa shape index (κ1) is 6.51. The van der Waals surface area contributed by atoms with E-state index in [1.807, 2.05) is 0 Å². The number of hydrazine groups is 3. The first-order chi connectivity index (χ1) is 4.97. The summed E-state index contributed by atoms with van der Waals surface area (Å²) in [6, 6.07) is 0. The standard InChI is InChI=1S/C5H13N5/c1-3-9(5-6-1)10-4-2-7-8-10/h6-8H,1-5H2. The number of nitrogens with one attached hydrogen (secondary N) is 3. The van der Waals surface area contributed by atoms with Crippen molar-refractivity contribution in [2.45, 2.75) is 0 Å². The normalized spacial score (nSPS) is 30.0. The maximum absolute atomic E-state index is 3.27. The van der Waals surface area contributed by atoms with Gasteiger partial charge < -0.3 is 5.32 Å². The lowest BCUT2D eigenvalue weighted by Crippen LogP contribution is -2.48. The first-order valence-corrected chi connectivity index (χ1v) is 3.68. The highest BCUT2D eigenvalue weighted by atomic mass is 15.9. The molecule has 0 spiro atoms. The molecule has 2 saturated heterocycles. The third-order valence-electron chi connectivity index (χ3n) is 1.84. The fourth-order valence-corrected chi connectivity index (χ4v) is 1.28. The molecule has 0 atom stereocenters. The van der Waals surface area contributed by atoms with Crippen LogP contribution in [0.3, 0.4) is 0 Å². The van der Waals surface area contributed by atoms with Gasteiger partial charge in [0.15, 0.2) is 0 Å². The summed E-state index contributed by atoms with van der Waals surface area (Å²) in [5, 5.41) is 7.63. The molecule has 2 rings (SSSR count). The van der Waals surface area contributed by atoms with Gasteiger partial charge in [-0.3, -0.25) is 0 Å². The molecule has 5 nitrogen and oxygen atoms in total. The lowest BCUT2D eigenvalue weighted by Gasteiger charge is -2.24. The number of rotatable bonds is 1. The summed E-state index contributed by atoms with van der Waals surface area (Å²) in [5.41, 5.74) is 6.12. The predicted molar refractivity (Wildman–Crippen MR) is 37.4 cm³/mol. The molecule has 0 amide bonds. The zero-order chi connectivity index (χ0) is 6.81. The molecule has 2 aliphatic heterocycles. The van der Waals surface area contributed by atoms with Crippen molar-refractivity contribution in [3.8, 4) is 0 Å². The lowest BCUT2D eigenvalue weighted by atomic mass is 10.6. The molecule has 0 aliphatic carbocycles. The van der Waals surface area contributed by atoms with Crippen LogP contribution in [0.2, 0.25) is 0 Å². The highest BCUT2D eigenvalue weighted by Gasteiger charge is 2.20. The van der Waals surface area contributed by atoms with E-state index in [1.165, 1.54) is 0 Å². The molecule has 0 saturated carbocycles. The van der Waals surface area contributed by atoms with Gasteiger partial charge in [-0.25, -0.2) is 10.4 Å². The Hall–Kier alpha value is -0.200. The summed E-state index contributed by atoms with van der Waals surface area (Å²) in [6.07, 6.45) is 0. The highest BCUT2D eigenvalue weighted by molar-refractivity contribution is 4.65. The van der Waals surface area contributed by atoms with Crippen LogP contribution in [-0.2, 0) is 0 Å². The Balaban J connectivity index is 1.85. The fraction of sp³-hybridized carbons (Fsp3) is 1.00. The van der Waals surface area contributed by atoms with Gasteiger partial charge in [-0.1, -0.05) is 0 Å². The molecular weight excluding hydrogens is 130 g/mol. The van der Waals surface area contributed by atoms with Gasteiger partial charge in [-0.2, -0.15) is 10.7 Å². The van der Waals surface area contributed by atoms with E-state index in [0.29, 0.717) is 0 Å². The third-order valence-corrected chi connectivity index (χ3v) is 1.84. The summed E-state index contributed by atoms with van der Waals surface area (Å²) in [5.74, 6) is 0. The van der Waals surface area contributed by atoms with Crippen LogP contribution in [0.5, 0.6) is 0 Å². The van der Waals surface area contributed by atoms with Crippen molar-refractivity contribution >= 4 is 0 Å². The van der Waals surface area contributed by atoms with Gasteiger partial charge in [0.1, 0.15) is 0 Å². The van der Waals surface area contributed by atoms with Gasteiger partial charge in [0.05, 0.1) is 6.67 Å². The first-order valence-electron chi connectivity index (χ1n) is 3.68. The van der Waals surface area contributed by atoms with Gasteiger partial charge in [0.25, 0.3) is 0 Å². The smallest absolute Gasteiger partial charge is 0.0638 e. The van der Waals surface area contributed by atoms with Crippen molar-refractivity contribution in [1.82, 2.24) is 26.4 Å². The summed E-state index contributed by atoms with van der Waals surface area (Å²) in [6.45, 7) is 5.25. The Labute approximate surface area is 60.3 Å². The van der Waals surface area contributed by atoms with Crippen LogP contribution in [0.15, 0.2) is 0 Å². The summed E-state index contributed by atoms with van der Waals surface area (Å²) >= 11 is 0. The predicted octanol–water partition coefficient (Wildman–Crippen LogP) is -1.91. The van der Waals surface area contributed by atoms with Crippen LogP contribution in [0.1, 0.15) is 0 Å². The van der Waals surface area contributed by atoms with E-state index in [1.54, 1.807) is 0 Å². The highest BCUT2D eigenvalue weighted by Crippen LogP contribution is 1.97. The lowest BCUT2D eigenvalue weighted by molar-refractivity contribution is -0.0310. The van der Waals surface area contributed by atoms with Gasteiger partial charge >= 0.3 is 0 Å². The Morgan fingerprint density at radius 2 is 2.10 bits per heavy atom. The molecular formula is C5H13N5. The van der Waals surface area contributed by atoms with Crippen molar-refractivity contribution in [2.75, 3.05) is 32.8 Å². The Bertz CT molecular complexity index is 90.6. The zero-order valence-electron chi connectivity index (χ0n) is 5.93. The van der Waals surface area contributed by atoms with Crippen molar-refractivity contribution in [2.24, 2.45) is 0 Å². The van der Waals surface area contributed by atoms with E-state index in [9.17, 15) is 0 Å². The SMILES string of the molecule is C1CN(N2CCNN2)CN1. The van der Waals surface area contributed by atoms with Gasteiger partial charge in [0.2, 0.25) is 0 Å². The van der Waals surface area contributed by atoms with E-state index in [2.05, 4.69) is 26.4 Å². The number of nitrogens with zero attached hydrogens (tertiary/aromatic N) is 2. The van der Waals surface area contributed by atoms with Crippen LogP contribution >= 0.6 is 0 Å². The Morgan fingerprint density at radius 3 is 2.70 bits per heavy atom. The minimum absolute atomic E-state index is 0.967. The molecule has 0 aromatic heterocycles. The molecule has 2 fully saturated rings. The maximum Gasteiger partial charge on any atom is 0.0638 e. The van der Waals surface area contributed by atoms with E-state index < -0.39 is 0 Å². The topological polar surface area (TPSA) is 42.6 Å². The average molecular weight is 143 g/mol. The monoisotopic (exact) mass is 143 g/mol. The van der Waals surface area contributed by atoms with Crippen molar-refractivity contribution < 1.29 is 0 Å². The second-order valence-corrected chi connectivity index (χ2v) is 2.55. The molecule has 5 heteroatoms. The number of hydrogen-bond acceptors (Lipinski definition) is 5. The Kier molecular flexibility index (Phi) is 1.83. The maximum atomic E-state index is 3.27. The van der Waals surface area contributed by atoms with E-state index in [4.69, 9.17) is 0 Å². The molecule has 10 heavy (non-hydrogen) atoms. The average Bonchev–Trinajstić information content (AvgIpc) is 2.59. The largest absolute Gasteiger partial charge is 0.302 e. The van der Waals surface area contributed by atoms with Crippen LogP contribution in [0.4, 0.5) is 0 Å². The van der Waals surface area contributed by atoms with Crippen molar-refractivity contribution in [3.05, 3.63) is 0 Å². The van der Waals surface area contributed by atoms with E-state index in [-0.39, 0.29) is 0 Å². The van der Waals surface area contributed by atoms with Crippen molar-refractivity contribution in [3.63, 3.8) is 0 Å². The molecule has 2 heterocycles. The van der Waals surface area contributed by atoms with Gasteiger partial charge in [-0.05, 0) is 0 Å². The minimum Gasteiger partial charge on any atom is -0.302 e. The quantitative estimate of drug-likeness (QED) is 0.400. The van der Waals surface area contributed by atoms with E-state index >= 15 is 0 Å². The third kappa shape index (κ3) is 1.14. The second-order valence-electron chi connectivity index (χ2n) is 2.55. The van der Waals surface area contributed by atoms with Crippen LogP contribution in [-0.4, -0.2) is 43.0 Å². The van der Waals surface area contributed by atoms with Gasteiger partial charge in [0, 0.05) is 26.2 Å². The second kappa shape index (κ2) is 2.81. The van der Waals surface area contributed by atoms with Crippen LogP contribution in [0, 0.1) is 0 Å². The molecule has 3 N–H and O–H groups in total. The Morgan fingerprint density at radius 1 is 1.10 bits per heavy atom. The summed E-state index contributed by atoms with van der Waals surface area (Å²) in [4.78, 5) is 0. The molecule has 0 aromatic rings. The van der Waals surface area contributed by atoms with E-state index in [0.717, 1.165) is 32.8 Å². The molecule has 2 aliphatic rings. The fourth-order valence-electron chi connectivity index (χ4n) is 1.28. The van der Waals surface area contributed by atoms with Crippen LogP contribution < -0.4 is 16.3 Å². The number of hydrogen-bond donors (Lipinski definition) is 3. The van der Waals surface area contributed by atoms with Gasteiger partial charge in [-0.15, -0.1) is 0 Å². The molecule has 58 valence electrons. The van der Waals surface area contributed by atoms with Crippen LogP contribution in [0.25, 0.3) is 0 Å². The minimum atomic E-state index is 0.967. The molecule has 0 bridgehead atoms. The van der Waals surface area contributed by atoms with Crippen molar-refractivity contribution in [1.29, 1.82) is 0 Å². The summed E-state index contributed by atoms with van der Waals surface area (Å²) in [7, 11) is 0. The molecule has 0 unspecified atom stereocenters. The molecule has 0 aromatic carbocycles. The molecule has 0 radical (unpaired) electrons. The summed E-state index contributed by atoms with van der Waals surface area (Å²) < 4.78 is 0.